The Bertz CT molecular complexity index is 103. The minimum atomic E-state index is 0.0377. The maximum Gasteiger partial charge on any atom is 0.0846 e. The first-order chi connectivity index (χ1) is 5.76. The van der Waals surface area contributed by atoms with E-state index in [9.17, 15) is 0 Å². The van der Waals surface area contributed by atoms with Gasteiger partial charge in [0.25, 0.3) is 0 Å². The average Bonchev–Trinajstić information content (AvgIpc) is 2.11. The quantitative estimate of drug-likeness (QED) is 0.512. The fourth-order valence-electron chi connectivity index (χ4n) is 0.724. The van der Waals surface area contributed by atoms with Crippen LogP contribution >= 0.6 is 39.1 Å². The Morgan fingerprint density at radius 3 is 2.42 bits per heavy atom. The van der Waals surface area contributed by atoms with Crippen LogP contribution < -0.4 is 0 Å². The molecule has 74 valence electrons. The van der Waals surface area contributed by atoms with E-state index in [1.54, 1.807) is 0 Å². The van der Waals surface area contributed by atoms with Crippen molar-refractivity contribution < 1.29 is 4.74 Å². The predicted octanol–water partition coefficient (Wildman–Crippen LogP) is 3.41. The third-order valence-corrected chi connectivity index (χ3v) is 3.46. The van der Waals surface area contributed by atoms with Crippen LogP contribution in [0.4, 0.5) is 0 Å². The van der Waals surface area contributed by atoms with Crippen LogP contribution in [0.25, 0.3) is 0 Å². The standard InChI is InChI=1S/C8H15BrCl2O/c1-2-3-4-12-8(6-11)7(9)5-10/h7-8H,2-6H2,1H3. The molecule has 0 amide bonds. The topological polar surface area (TPSA) is 9.23 Å². The van der Waals surface area contributed by atoms with Gasteiger partial charge in [0, 0.05) is 18.4 Å². The molecule has 1 nitrogen and oxygen atoms in total. The van der Waals surface area contributed by atoms with Gasteiger partial charge in [-0.1, -0.05) is 29.3 Å². The van der Waals surface area contributed by atoms with Crippen molar-refractivity contribution in [3.05, 3.63) is 0 Å². The van der Waals surface area contributed by atoms with Crippen molar-refractivity contribution in [3.8, 4) is 0 Å². The summed E-state index contributed by atoms with van der Waals surface area (Å²) in [4.78, 5) is 0.161. The zero-order valence-corrected chi connectivity index (χ0v) is 10.3. The van der Waals surface area contributed by atoms with E-state index in [1.807, 2.05) is 0 Å². The second-order valence-corrected chi connectivity index (χ2v) is 4.38. The summed E-state index contributed by atoms with van der Waals surface area (Å²) in [5.74, 6) is 1.02. The summed E-state index contributed by atoms with van der Waals surface area (Å²) in [6, 6.07) is 0. The molecule has 2 atom stereocenters. The summed E-state index contributed by atoms with van der Waals surface area (Å²) in [6.45, 7) is 2.90. The lowest BCUT2D eigenvalue weighted by atomic mass is 10.3. The normalized spacial score (nSPS) is 16.0. The van der Waals surface area contributed by atoms with Crippen LogP contribution in [0.1, 0.15) is 19.8 Å². The van der Waals surface area contributed by atoms with Gasteiger partial charge in [0.05, 0.1) is 10.9 Å². The Morgan fingerprint density at radius 2 is 2.00 bits per heavy atom. The number of hydrogen-bond acceptors (Lipinski definition) is 1. The number of rotatable bonds is 7. The van der Waals surface area contributed by atoms with E-state index in [1.165, 1.54) is 0 Å². The zero-order valence-electron chi connectivity index (χ0n) is 7.23. The molecule has 0 rings (SSSR count). The van der Waals surface area contributed by atoms with Gasteiger partial charge < -0.3 is 4.74 Å². The predicted molar refractivity (Wildman–Crippen MR) is 58.8 cm³/mol. The summed E-state index contributed by atoms with van der Waals surface area (Å²) >= 11 is 14.8. The molecule has 0 aromatic heterocycles. The maximum absolute atomic E-state index is 5.71. The zero-order chi connectivity index (χ0) is 9.40. The van der Waals surface area contributed by atoms with E-state index in [4.69, 9.17) is 27.9 Å². The van der Waals surface area contributed by atoms with E-state index >= 15 is 0 Å². The maximum atomic E-state index is 5.71. The first kappa shape index (κ1) is 13.0. The largest absolute Gasteiger partial charge is 0.376 e. The SMILES string of the molecule is CCCCOC(CCl)C(Br)CCl. The monoisotopic (exact) mass is 276 g/mol. The lowest BCUT2D eigenvalue weighted by Crippen LogP contribution is -2.27. The molecule has 0 saturated carbocycles. The van der Waals surface area contributed by atoms with Crippen molar-refractivity contribution >= 4 is 39.1 Å². The molecule has 12 heavy (non-hydrogen) atoms. The lowest BCUT2D eigenvalue weighted by Gasteiger charge is -2.18. The molecule has 0 heterocycles. The molecular formula is C8H15BrCl2O. The highest BCUT2D eigenvalue weighted by Gasteiger charge is 2.16. The van der Waals surface area contributed by atoms with Gasteiger partial charge in [-0.05, 0) is 6.42 Å². The van der Waals surface area contributed by atoms with Crippen LogP contribution in [-0.2, 0) is 4.74 Å². The van der Waals surface area contributed by atoms with Gasteiger partial charge >= 0.3 is 0 Å². The molecular weight excluding hydrogens is 263 g/mol. The van der Waals surface area contributed by atoms with Crippen molar-refractivity contribution in [2.24, 2.45) is 0 Å². The first-order valence-electron chi connectivity index (χ1n) is 4.13. The minimum Gasteiger partial charge on any atom is -0.376 e. The van der Waals surface area contributed by atoms with Gasteiger partial charge in [-0.25, -0.2) is 0 Å². The summed E-state index contributed by atoms with van der Waals surface area (Å²) in [6.07, 6.45) is 2.26. The van der Waals surface area contributed by atoms with Crippen LogP contribution in [0.15, 0.2) is 0 Å². The Balaban J connectivity index is 3.52. The second-order valence-electron chi connectivity index (χ2n) is 2.59. The van der Waals surface area contributed by atoms with Crippen LogP contribution in [-0.4, -0.2) is 29.3 Å². The van der Waals surface area contributed by atoms with Gasteiger partial charge in [-0.15, -0.1) is 23.2 Å². The molecule has 0 spiro atoms. The fourth-order valence-corrected chi connectivity index (χ4v) is 1.78. The molecule has 0 radical (unpaired) electrons. The van der Waals surface area contributed by atoms with Gasteiger partial charge in [-0.3, -0.25) is 0 Å². The molecule has 0 aliphatic rings. The number of halogens is 3. The summed E-state index contributed by atoms with van der Waals surface area (Å²) in [7, 11) is 0. The molecule has 0 aromatic carbocycles. The first-order valence-corrected chi connectivity index (χ1v) is 6.12. The fraction of sp³-hybridized carbons (Fsp3) is 1.00. The van der Waals surface area contributed by atoms with Gasteiger partial charge in [0.15, 0.2) is 0 Å². The molecule has 4 heteroatoms. The van der Waals surface area contributed by atoms with E-state index in [0.717, 1.165) is 19.4 Å². The third-order valence-electron chi connectivity index (χ3n) is 1.53. The van der Waals surface area contributed by atoms with Crippen LogP contribution in [0, 0.1) is 0 Å². The van der Waals surface area contributed by atoms with Gasteiger partial charge in [0.1, 0.15) is 0 Å². The molecule has 0 saturated heterocycles. The number of alkyl halides is 3. The molecule has 0 aromatic rings. The number of unbranched alkanes of at least 4 members (excludes halogenated alkanes) is 1. The smallest absolute Gasteiger partial charge is 0.0846 e. The summed E-state index contributed by atoms with van der Waals surface area (Å²) in [5.41, 5.74) is 0. The van der Waals surface area contributed by atoms with Crippen molar-refractivity contribution in [2.45, 2.75) is 30.7 Å². The van der Waals surface area contributed by atoms with Crippen molar-refractivity contribution in [1.29, 1.82) is 0 Å². The summed E-state index contributed by atoms with van der Waals surface area (Å²) in [5, 5.41) is 0. The minimum absolute atomic E-state index is 0.0377. The van der Waals surface area contributed by atoms with Gasteiger partial charge in [-0.2, -0.15) is 0 Å². The Labute approximate surface area is 92.9 Å². The number of ether oxygens (including phenoxy) is 1. The molecule has 0 bridgehead atoms. The van der Waals surface area contributed by atoms with Crippen LogP contribution in [0.2, 0.25) is 0 Å². The average molecular weight is 278 g/mol. The highest BCUT2D eigenvalue weighted by atomic mass is 79.9. The highest BCUT2D eigenvalue weighted by Crippen LogP contribution is 2.13. The third kappa shape index (κ3) is 5.63. The highest BCUT2D eigenvalue weighted by molar-refractivity contribution is 9.09. The second kappa shape index (κ2) is 8.61. The Morgan fingerprint density at radius 1 is 1.33 bits per heavy atom. The Kier molecular flexibility index (Phi) is 9.34. The Hall–Kier alpha value is 1.02. The van der Waals surface area contributed by atoms with E-state index < -0.39 is 0 Å². The lowest BCUT2D eigenvalue weighted by molar-refractivity contribution is 0.0692. The van der Waals surface area contributed by atoms with E-state index in [-0.39, 0.29) is 10.9 Å². The van der Waals surface area contributed by atoms with Crippen LogP contribution in [0.5, 0.6) is 0 Å². The van der Waals surface area contributed by atoms with E-state index in [2.05, 4.69) is 22.9 Å². The van der Waals surface area contributed by atoms with Crippen molar-refractivity contribution in [1.82, 2.24) is 0 Å². The molecule has 0 fully saturated rings. The van der Waals surface area contributed by atoms with Crippen LogP contribution in [0.3, 0.4) is 0 Å². The van der Waals surface area contributed by atoms with Gasteiger partial charge in [0.2, 0.25) is 0 Å². The molecule has 0 N–H and O–H groups in total. The molecule has 0 aliphatic carbocycles. The van der Waals surface area contributed by atoms with E-state index in [0.29, 0.717) is 11.8 Å². The molecule has 2 unspecified atom stereocenters. The molecule has 0 aliphatic heterocycles. The van der Waals surface area contributed by atoms with Crippen molar-refractivity contribution in [2.75, 3.05) is 18.4 Å². The summed E-state index contributed by atoms with van der Waals surface area (Å²) < 4.78 is 5.52. The van der Waals surface area contributed by atoms with Crippen molar-refractivity contribution in [3.63, 3.8) is 0 Å². The number of hydrogen-bond donors (Lipinski definition) is 0.